The third-order valence-corrected chi connectivity index (χ3v) is 5.92. The Balaban J connectivity index is 1.43. The molecule has 1 atom stereocenters. The monoisotopic (exact) mass is 347 g/mol. The lowest BCUT2D eigenvalue weighted by molar-refractivity contribution is -1.02. The molecule has 1 aromatic rings. The fraction of sp³-hybridized carbons (Fsp3) is 0.650. The lowest BCUT2D eigenvalue weighted by Crippen LogP contribution is -3.29. The highest BCUT2D eigenvalue weighted by atomic mass is 16.5. The Kier molecular flexibility index (Phi) is 6.32. The fourth-order valence-corrected chi connectivity index (χ4v) is 4.15. The molecule has 0 radical (unpaired) electrons. The first-order chi connectivity index (χ1) is 12.2. The van der Waals surface area contributed by atoms with Gasteiger partial charge in [0.15, 0.2) is 6.04 Å². The summed E-state index contributed by atoms with van der Waals surface area (Å²) in [4.78, 5) is 15.5. The Hall–Kier alpha value is -1.59. The van der Waals surface area contributed by atoms with Gasteiger partial charge in [0, 0.05) is 11.6 Å². The Morgan fingerprint density at radius 3 is 2.40 bits per heavy atom. The number of rotatable bonds is 6. The van der Waals surface area contributed by atoms with Gasteiger partial charge in [-0.1, -0.05) is 12.8 Å². The average molecular weight is 348 g/mol. The molecule has 138 valence electrons. The summed E-state index contributed by atoms with van der Waals surface area (Å²) < 4.78 is 5.22. The summed E-state index contributed by atoms with van der Waals surface area (Å²) in [6.45, 7) is 7.55. The zero-order chi connectivity index (χ0) is 17.6. The van der Waals surface area contributed by atoms with Crippen molar-refractivity contribution in [1.82, 2.24) is 5.32 Å². The predicted octanol–water partition coefficient (Wildman–Crippen LogP) is -0.574. The number of amides is 1. The van der Waals surface area contributed by atoms with Crippen LogP contribution in [-0.4, -0.2) is 51.3 Å². The number of carbonyl (C=O) groups excluding carboxylic acids is 1. The van der Waals surface area contributed by atoms with Crippen LogP contribution in [0.3, 0.4) is 0 Å². The van der Waals surface area contributed by atoms with E-state index in [1.54, 1.807) is 12.0 Å². The maximum absolute atomic E-state index is 12.5. The molecular formula is C20H33N3O2+2. The van der Waals surface area contributed by atoms with Crippen molar-refractivity contribution in [3.8, 4) is 5.75 Å². The first-order valence-electron chi connectivity index (χ1n) is 9.77. The van der Waals surface area contributed by atoms with Gasteiger partial charge in [0.1, 0.15) is 38.5 Å². The minimum atomic E-state index is 0.0723. The number of benzene rings is 1. The van der Waals surface area contributed by atoms with Crippen LogP contribution >= 0.6 is 0 Å². The second-order valence-corrected chi connectivity index (χ2v) is 7.64. The molecule has 2 fully saturated rings. The zero-order valence-corrected chi connectivity index (χ0v) is 15.6. The number of piperazine rings is 1. The molecule has 0 aromatic heterocycles. The van der Waals surface area contributed by atoms with E-state index in [1.807, 2.05) is 12.1 Å². The maximum Gasteiger partial charge on any atom is 0.278 e. The van der Waals surface area contributed by atoms with Gasteiger partial charge in [0.05, 0.1) is 7.11 Å². The van der Waals surface area contributed by atoms with Gasteiger partial charge in [-0.15, -0.1) is 0 Å². The van der Waals surface area contributed by atoms with E-state index in [9.17, 15) is 4.79 Å². The minimum absolute atomic E-state index is 0.0723. The largest absolute Gasteiger partial charge is 0.497 e. The van der Waals surface area contributed by atoms with E-state index in [4.69, 9.17) is 4.74 Å². The van der Waals surface area contributed by atoms with Crippen molar-refractivity contribution in [2.45, 2.75) is 51.2 Å². The van der Waals surface area contributed by atoms with E-state index in [-0.39, 0.29) is 11.9 Å². The van der Waals surface area contributed by atoms with Crippen molar-refractivity contribution < 1.29 is 19.3 Å². The molecule has 1 saturated heterocycles. The van der Waals surface area contributed by atoms with Gasteiger partial charge in [0.2, 0.25) is 0 Å². The molecule has 3 N–H and O–H groups in total. The molecule has 1 saturated carbocycles. The van der Waals surface area contributed by atoms with Crippen molar-refractivity contribution in [2.75, 3.05) is 33.3 Å². The van der Waals surface area contributed by atoms with Gasteiger partial charge in [0.25, 0.3) is 5.91 Å². The molecule has 25 heavy (non-hydrogen) atoms. The SMILES string of the molecule is COc1ccc(C[NH+]2CC[NH+]([C@@H](C)C(=O)NC3CCCC3)CC2)cc1. The van der Waals surface area contributed by atoms with Crippen LogP contribution in [0.25, 0.3) is 0 Å². The molecule has 2 aliphatic rings. The Labute approximate surface area is 151 Å². The third kappa shape index (κ3) is 4.95. The van der Waals surface area contributed by atoms with Crippen LogP contribution in [0.15, 0.2) is 24.3 Å². The van der Waals surface area contributed by atoms with E-state index < -0.39 is 0 Å². The quantitative estimate of drug-likeness (QED) is 0.645. The molecule has 0 spiro atoms. The number of hydrogen-bond acceptors (Lipinski definition) is 2. The first-order valence-corrected chi connectivity index (χ1v) is 9.77. The second kappa shape index (κ2) is 8.68. The van der Waals surface area contributed by atoms with Gasteiger partial charge in [-0.25, -0.2) is 0 Å². The summed E-state index contributed by atoms with van der Waals surface area (Å²) in [6.07, 6.45) is 4.85. The molecule has 5 nitrogen and oxygen atoms in total. The molecule has 1 aromatic carbocycles. The van der Waals surface area contributed by atoms with Crippen molar-refractivity contribution in [3.05, 3.63) is 29.8 Å². The summed E-state index contributed by atoms with van der Waals surface area (Å²) in [5.74, 6) is 1.16. The fourth-order valence-electron chi connectivity index (χ4n) is 4.15. The van der Waals surface area contributed by atoms with Crippen LogP contribution in [0.1, 0.15) is 38.2 Å². The number of ether oxygens (including phenoxy) is 1. The Morgan fingerprint density at radius 1 is 1.16 bits per heavy atom. The third-order valence-electron chi connectivity index (χ3n) is 5.92. The summed E-state index contributed by atoms with van der Waals surface area (Å²) >= 11 is 0. The van der Waals surface area contributed by atoms with Gasteiger partial charge < -0.3 is 19.9 Å². The second-order valence-electron chi connectivity index (χ2n) is 7.64. The van der Waals surface area contributed by atoms with E-state index in [2.05, 4.69) is 24.4 Å². The van der Waals surface area contributed by atoms with E-state index in [1.165, 1.54) is 23.3 Å². The number of quaternary nitrogens is 2. The summed E-state index contributed by atoms with van der Waals surface area (Å²) in [7, 11) is 1.70. The number of carbonyl (C=O) groups is 1. The van der Waals surface area contributed by atoms with Gasteiger partial charge in [-0.3, -0.25) is 4.79 Å². The highest BCUT2D eigenvalue weighted by Crippen LogP contribution is 2.17. The van der Waals surface area contributed by atoms with E-state index in [0.29, 0.717) is 6.04 Å². The Morgan fingerprint density at radius 2 is 1.80 bits per heavy atom. The van der Waals surface area contributed by atoms with E-state index >= 15 is 0 Å². The molecule has 5 heteroatoms. The van der Waals surface area contributed by atoms with Crippen molar-refractivity contribution in [2.24, 2.45) is 0 Å². The van der Waals surface area contributed by atoms with Gasteiger partial charge in [-0.2, -0.15) is 0 Å². The van der Waals surface area contributed by atoms with Crippen LogP contribution in [-0.2, 0) is 11.3 Å². The highest BCUT2D eigenvalue weighted by Gasteiger charge is 2.32. The normalized spacial score (nSPS) is 25.5. The number of hydrogen-bond donors (Lipinski definition) is 3. The molecule has 1 aliphatic carbocycles. The first kappa shape index (κ1) is 18.2. The number of nitrogens with one attached hydrogen (secondary N) is 3. The lowest BCUT2D eigenvalue weighted by Gasteiger charge is -2.33. The number of methoxy groups -OCH3 is 1. The minimum Gasteiger partial charge on any atom is -0.497 e. The van der Waals surface area contributed by atoms with Crippen molar-refractivity contribution >= 4 is 5.91 Å². The molecule has 3 rings (SSSR count). The Bertz CT molecular complexity index is 547. The van der Waals surface area contributed by atoms with Crippen LogP contribution in [0.5, 0.6) is 5.75 Å². The predicted molar refractivity (Wildman–Crippen MR) is 98.0 cm³/mol. The lowest BCUT2D eigenvalue weighted by atomic mass is 10.1. The molecule has 1 amide bonds. The van der Waals surface area contributed by atoms with Crippen LogP contribution in [0.4, 0.5) is 0 Å². The van der Waals surface area contributed by atoms with Crippen LogP contribution in [0.2, 0.25) is 0 Å². The molecular weight excluding hydrogens is 314 g/mol. The van der Waals surface area contributed by atoms with Gasteiger partial charge in [-0.05, 0) is 44.0 Å². The topological polar surface area (TPSA) is 47.2 Å². The van der Waals surface area contributed by atoms with Gasteiger partial charge >= 0.3 is 0 Å². The van der Waals surface area contributed by atoms with Crippen LogP contribution < -0.4 is 19.9 Å². The van der Waals surface area contributed by atoms with E-state index in [0.717, 1.165) is 51.3 Å². The molecule has 0 unspecified atom stereocenters. The smallest absolute Gasteiger partial charge is 0.278 e. The molecule has 1 aliphatic heterocycles. The van der Waals surface area contributed by atoms with Crippen molar-refractivity contribution in [3.63, 3.8) is 0 Å². The average Bonchev–Trinajstić information content (AvgIpc) is 3.15. The summed E-state index contributed by atoms with van der Waals surface area (Å²) in [5.41, 5.74) is 1.35. The van der Waals surface area contributed by atoms with Crippen LogP contribution in [0, 0.1) is 0 Å². The summed E-state index contributed by atoms with van der Waals surface area (Å²) in [5, 5.41) is 3.26. The summed E-state index contributed by atoms with van der Waals surface area (Å²) in [6, 6.07) is 8.88. The molecule has 1 heterocycles. The molecule has 0 bridgehead atoms. The maximum atomic E-state index is 12.5. The van der Waals surface area contributed by atoms with Crippen molar-refractivity contribution in [1.29, 1.82) is 0 Å². The standard InChI is InChI=1S/C20H31N3O2/c1-16(20(24)21-18-5-3-4-6-18)23-13-11-22(12-14-23)15-17-7-9-19(25-2)10-8-17/h7-10,16,18H,3-6,11-15H2,1-2H3,(H,21,24)/p+2/t16-/m0/s1. The zero-order valence-electron chi connectivity index (χ0n) is 15.6. The highest BCUT2D eigenvalue weighted by molar-refractivity contribution is 5.80.